The predicted octanol–water partition coefficient (Wildman–Crippen LogP) is 4.46. The molecular formula is C16H19NO. The molecule has 18 heavy (non-hydrogen) atoms. The van der Waals surface area contributed by atoms with Gasteiger partial charge in [0, 0.05) is 12.3 Å². The molecule has 2 aromatic rings. The molecule has 1 heterocycles. The van der Waals surface area contributed by atoms with E-state index in [1.54, 1.807) is 0 Å². The lowest BCUT2D eigenvalue weighted by atomic mass is 9.89. The van der Waals surface area contributed by atoms with E-state index in [1.807, 2.05) is 42.6 Å². The van der Waals surface area contributed by atoms with Crippen LogP contribution in [0.1, 0.15) is 26.3 Å². The lowest BCUT2D eigenvalue weighted by Gasteiger charge is -2.17. The van der Waals surface area contributed by atoms with Gasteiger partial charge in [0.2, 0.25) is 5.88 Å². The Labute approximate surface area is 109 Å². The van der Waals surface area contributed by atoms with Crippen molar-refractivity contribution in [1.82, 2.24) is 4.98 Å². The van der Waals surface area contributed by atoms with Gasteiger partial charge in [-0.15, -0.1) is 0 Å². The first-order valence-electron chi connectivity index (χ1n) is 6.21. The van der Waals surface area contributed by atoms with Crippen molar-refractivity contribution in [1.29, 1.82) is 0 Å². The summed E-state index contributed by atoms with van der Waals surface area (Å²) in [7, 11) is 0. The van der Waals surface area contributed by atoms with Gasteiger partial charge in [-0.05, 0) is 29.5 Å². The first-order chi connectivity index (χ1) is 8.53. The van der Waals surface area contributed by atoms with Gasteiger partial charge in [-0.3, -0.25) is 0 Å². The molecule has 1 aromatic heterocycles. The molecule has 0 N–H and O–H groups in total. The van der Waals surface area contributed by atoms with E-state index in [2.05, 4.69) is 31.8 Å². The molecule has 0 atom stereocenters. The standard InChI is InChI=1S/C16H19NO/c1-16(2,3)11-13-9-10-15(17-12-13)18-14-7-5-4-6-8-14/h4-10,12H,11H2,1-3H3. The molecule has 0 bridgehead atoms. The fourth-order valence-corrected chi connectivity index (χ4v) is 1.80. The number of hydrogen-bond donors (Lipinski definition) is 0. The van der Waals surface area contributed by atoms with Crippen LogP contribution < -0.4 is 4.74 Å². The number of nitrogens with zero attached hydrogens (tertiary/aromatic N) is 1. The van der Waals surface area contributed by atoms with Gasteiger partial charge in [0.1, 0.15) is 5.75 Å². The van der Waals surface area contributed by atoms with Gasteiger partial charge in [0.25, 0.3) is 0 Å². The summed E-state index contributed by atoms with van der Waals surface area (Å²) in [4.78, 5) is 4.34. The third-order valence-electron chi connectivity index (χ3n) is 2.50. The zero-order valence-electron chi connectivity index (χ0n) is 11.2. The number of hydrogen-bond acceptors (Lipinski definition) is 2. The highest BCUT2D eigenvalue weighted by atomic mass is 16.5. The predicted molar refractivity (Wildman–Crippen MR) is 73.9 cm³/mol. The Kier molecular flexibility index (Phi) is 3.66. The first kappa shape index (κ1) is 12.6. The maximum absolute atomic E-state index is 5.65. The van der Waals surface area contributed by atoms with Crippen LogP contribution >= 0.6 is 0 Å². The quantitative estimate of drug-likeness (QED) is 0.791. The number of ether oxygens (including phenoxy) is 1. The normalized spacial score (nSPS) is 11.3. The fraction of sp³-hybridized carbons (Fsp3) is 0.312. The van der Waals surface area contributed by atoms with Crippen molar-refractivity contribution in [3.05, 3.63) is 54.2 Å². The Balaban J connectivity index is 2.04. The summed E-state index contributed by atoms with van der Waals surface area (Å²) in [6.07, 6.45) is 2.91. The van der Waals surface area contributed by atoms with Crippen LogP contribution in [0.25, 0.3) is 0 Å². The average molecular weight is 241 g/mol. The highest BCUT2D eigenvalue weighted by molar-refractivity contribution is 5.27. The Morgan fingerprint density at radius 3 is 2.28 bits per heavy atom. The monoisotopic (exact) mass is 241 g/mol. The van der Waals surface area contributed by atoms with Crippen LogP contribution in [0.5, 0.6) is 11.6 Å². The highest BCUT2D eigenvalue weighted by Gasteiger charge is 2.11. The van der Waals surface area contributed by atoms with E-state index in [9.17, 15) is 0 Å². The number of para-hydroxylation sites is 1. The van der Waals surface area contributed by atoms with Crippen LogP contribution in [0.3, 0.4) is 0 Å². The molecule has 0 amide bonds. The van der Waals surface area contributed by atoms with Crippen LogP contribution in [0.2, 0.25) is 0 Å². The molecule has 0 saturated heterocycles. The maximum atomic E-state index is 5.65. The van der Waals surface area contributed by atoms with E-state index in [4.69, 9.17) is 4.74 Å². The minimum atomic E-state index is 0.281. The highest BCUT2D eigenvalue weighted by Crippen LogP contribution is 2.22. The summed E-state index contributed by atoms with van der Waals surface area (Å²) in [5.41, 5.74) is 1.52. The van der Waals surface area contributed by atoms with E-state index in [-0.39, 0.29) is 5.41 Å². The van der Waals surface area contributed by atoms with Gasteiger partial charge < -0.3 is 4.74 Å². The van der Waals surface area contributed by atoms with Crippen molar-refractivity contribution in [2.75, 3.05) is 0 Å². The molecular weight excluding hydrogens is 222 g/mol. The summed E-state index contributed by atoms with van der Waals surface area (Å²) < 4.78 is 5.65. The van der Waals surface area contributed by atoms with Crippen LogP contribution in [0.4, 0.5) is 0 Å². The SMILES string of the molecule is CC(C)(C)Cc1ccc(Oc2ccccc2)nc1. The molecule has 0 fully saturated rings. The molecule has 2 heteroatoms. The zero-order chi connectivity index (χ0) is 13.0. The van der Waals surface area contributed by atoms with Gasteiger partial charge in [0.15, 0.2) is 0 Å². The Hall–Kier alpha value is -1.83. The van der Waals surface area contributed by atoms with E-state index >= 15 is 0 Å². The minimum Gasteiger partial charge on any atom is -0.439 e. The van der Waals surface area contributed by atoms with Crippen molar-refractivity contribution in [3.8, 4) is 11.6 Å². The summed E-state index contributed by atoms with van der Waals surface area (Å²) in [5.74, 6) is 1.45. The fourth-order valence-electron chi connectivity index (χ4n) is 1.80. The number of benzene rings is 1. The molecule has 2 rings (SSSR count). The summed E-state index contributed by atoms with van der Waals surface area (Å²) in [6, 6.07) is 13.7. The van der Waals surface area contributed by atoms with Crippen LogP contribution in [-0.2, 0) is 6.42 Å². The van der Waals surface area contributed by atoms with Gasteiger partial charge in [-0.1, -0.05) is 45.0 Å². The second-order valence-corrected chi connectivity index (χ2v) is 5.66. The average Bonchev–Trinajstić information content (AvgIpc) is 2.31. The van der Waals surface area contributed by atoms with E-state index in [0.29, 0.717) is 5.88 Å². The third-order valence-corrected chi connectivity index (χ3v) is 2.50. The van der Waals surface area contributed by atoms with Crippen molar-refractivity contribution >= 4 is 0 Å². The molecule has 0 aliphatic heterocycles. The number of rotatable bonds is 3. The van der Waals surface area contributed by atoms with E-state index in [0.717, 1.165) is 12.2 Å². The lowest BCUT2D eigenvalue weighted by molar-refractivity contribution is 0.409. The number of pyridine rings is 1. The summed E-state index contributed by atoms with van der Waals surface area (Å²) in [6.45, 7) is 6.67. The van der Waals surface area contributed by atoms with Crippen LogP contribution in [0, 0.1) is 5.41 Å². The van der Waals surface area contributed by atoms with Crippen molar-refractivity contribution in [2.24, 2.45) is 5.41 Å². The Morgan fingerprint density at radius 1 is 1.00 bits per heavy atom. The molecule has 0 saturated carbocycles. The van der Waals surface area contributed by atoms with E-state index in [1.165, 1.54) is 5.56 Å². The van der Waals surface area contributed by atoms with Crippen LogP contribution in [0.15, 0.2) is 48.7 Å². The molecule has 0 unspecified atom stereocenters. The van der Waals surface area contributed by atoms with Gasteiger partial charge in [-0.25, -0.2) is 4.98 Å². The van der Waals surface area contributed by atoms with Crippen LogP contribution in [-0.4, -0.2) is 4.98 Å². The summed E-state index contributed by atoms with van der Waals surface area (Å²) in [5, 5.41) is 0. The lowest BCUT2D eigenvalue weighted by Crippen LogP contribution is -2.09. The molecule has 0 radical (unpaired) electrons. The molecule has 0 aliphatic rings. The Morgan fingerprint density at radius 2 is 1.72 bits per heavy atom. The second-order valence-electron chi connectivity index (χ2n) is 5.66. The Bertz CT molecular complexity index is 483. The topological polar surface area (TPSA) is 22.1 Å². The van der Waals surface area contributed by atoms with Gasteiger partial charge in [0.05, 0.1) is 0 Å². The van der Waals surface area contributed by atoms with E-state index < -0.39 is 0 Å². The van der Waals surface area contributed by atoms with Crippen molar-refractivity contribution in [3.63, 3.8) is 0 Å². The van der Waals surface area contributed by atoms with Crippen molar-refractivity contribution < 1.29 is 4.74 Å². The van der Waals surface area contributed by atoms with Crippen molar-refractivity contribution in [2.45, 2.75) is 27.2 Å². The molecule has 94 valence electrons. The maximum Gasteiger partial charge on any atom is 0.219 e. The summed E-state index contributed by atoms with van der Waals surface area (Å²) >= 11 is 0. The smallest absolute Gasteiger partial charge is 0.219 e. The third kappa shape index (κ3) is 3.88. The zero-order valence-corrected chi connectivity index (χ0v) is 11.2. The molecule has 1 aromatic carbocycles. The molecule has 0 aliphatic carbocycles. The van der Waals surface area contributed by atoms with Gasteiger partial charge in [-0.2, -0.15) is 0 Å². The largest absolute Gasteiger partial charge is 0.439 e. The molecule has 0 spiro atoms. The second kappa shape index (κ2) is 5.21. The molecule has 2 nitrogen and oxygen atoms in total. The number of aromatic nitrogens is 1. The minimum absolute atomic E-state index is 0.281. The first-order valence-corrected chi connectivity index (χ1v) is 6.21. The van der Waals surface area contributed by atoms with Gasteiger partial charge >= 0.3 is 0 Å².